The number of likely N-dealkylation sites (N-methyl/N-ethyl adjacent to an activating group) is 1. The van der Waals surface area contributed by atoms with Crippen LogP contribution in [0, 0.1) is 6.92 Å². The Morgan fingerprint density at radius 3 is 2.73 bits per heavy atom. The lowest BCUT2D eigenvalue weighted by molar-refractivity contribution is -0.128. The maximum atomic E-state index is 12.1. The number of carbonyl (C=O) groups is 1. The van der Waals surface area contributed by atoms with Gasteiger partial charge in [-0.25, -0.2) is 0 Å². The zero-order valence-electron chi connectivity index (χ0n) is 13.4. The van der Waals surface area contributed by atoms with Gasteiger partial charge in [0, 0.05) is 43.0 Å². The number of amides is 1. The van der Waals surface area contributed by atoms with E-state index in [1.165, 1.54) is 9.75 Å². The van der Waals surface area contributed by atoms with Gasteiger partial charge in [-0.1, -0.05) is 0 Å². The smallest absolute Gasteiger partial charge is 0.239 e. The van der Waals surface area contributed by atoms with Crippen molar-refractivity contribution in [1.29, 1.82) is 0 Å². The summed E-state index contributed by atoms with van der Waals surface area (Å²) in [5, 5.41) is 3.50. The van der Waals surface area contributed by atoms with Crippen molar-refractivity contribution in [3.05, 3.63) is 21.9 Å². The van der Waals surface area contributed by atoms with Crippen molar-refractivity contribution in [2.24, 2.45) is 0 Å². The Kier molecular flexibility index (Phi) is 5.13. The Balaban J connectivity index is 1.67. The maximum absolute atomic E-state index is 12.1. The number of aryl methyl sites for hydroxylation is 1. The van der Waals surface area contributed by atoms with E-state index in [2.05, 4.69) is 29.3 Å². The predicted molar refractivity (Wildman–Crippen MR) is 88.2 cm³/mol. The highest BCUT2D eigenvalue weighted by molar-refractivity contribution is 7.12. The summed E-state index contributed by atoms with van der Waals surface area (Å²) in [6.07, 6.45) is 0.911. The Labute approximate surface area is 136 Å². The third-order valence-electron chi connectivity index (χ3n) is 4.56. The molecule has 22 heavy (non-hydrogen) atoms. The molecule has 1 N–H and O–H groups in total. The van der Waals surface area contributed by atoms with Gasteiger partial charge in [-0.15, -0.1) is 11.3 Å². The molecule has 122 valence electrons. The molecule has 0 saturated carbocycles. The number of thiophene rings is 1. The molecule has 1 aromatic rings. The second-order valence-electron chi connectivity index (χ2n) is 6.12. The molecular weight excluding hydrogens is 298 g/mol. The zero-order chi connectivity index (χ0) is 15.5. The van der Waals surface area contributed by atoms with E-state index in [4.69, 9.17) is 4.74 Å². The van der Waals surface area contributed by atoms with E-state index in [0.717, 1.165) is 45.8 Å². The lowest BCUT2D eigenvalue weighted by Crippen LogP contribution is -2.46. The van der Waals surface area contributed by atoms with Gasteiger partial charge >= 0.3 is 0 Å². The fourth-order valence-electron chi connectivity index (χ4n) is 3.20. The molecule has 0 bridgehead atoms. The Morgan fingerprint density at radius 1 is 1.36 bits per heavy atom. The highest BCUT2D eigenvalue weighted by Gasteiger charge is 2.31. The minimum absolute atomic E-state index is 0.0189. The zero-order valence-corrected chi connectivity index (χ0v) is 14.2. The Morgan fingerprint density at radius 2 is 2.14 bits per heavy atom. The fraction of sp³-hybridized carbons (Fsp3) is 0.688. The minimum Gasteiger partial charge on any atom is -0.379 e. The van der Waals surface area contributed by atoms with Gasteiger partial charge in [0.1, 0.15) is 0 Å². The highest BCUT2D eigenvalue weighted by atomic mass is 32.1. The van der Waals surface area contributed by atoms with Gasteiger partial charge in [-0.05, 0) is 25.5 Å². The number of rotatable bonds is 5. The van der Waals surface area contributed by atoms with Crippen LogP contribution >= 0.6 is 11.3 Å². The first-order valence-corrected chi connectivity index (χ1v) is 8.83. The van der Waals surface area contributed by atoms with Gasteiger partial charge in [0.05, 0.1) is 25.3 Å². The van der Waals surface area contributed by atoms with Crippen molar-refractivity contribution < 1.29 is 9.53 Å². The van der Waals surface area contributed by atoms with Crippen LogP contribution in [0.3, 0.4) is 0 Å². The van der Waals surface area contributed by atoms with Gasteiger partial charge in [0.25, 0.3) is 0 Å². The molecule has 3 heterocycles. The van der Waals surface area contributed by atoms with E-state index in [0.29, 0.717) is 6.04 Å². The molecule has 2 fully saturated rings. The van der Waals surface area contributed by atoms with Crippen LogP contribution in [0.15, 0.2) is 12.1 Å². The summed E-state index contributed by atoms with van der Waals surface area (Å²) in [5.74, 6) is 0.225. The summed E-state index contributed by atoms with van der Waals surface area (Å²) in [5.41, 5.74) is 0. The van der Waals surface area contributed by atoms with E-state index in [-0.39, 0.29) is 11.9 Å². The molecule has 3 rings (SSSR count). The van der Waals surface area contributed by atoms with Crippen LogP contribution in [0.25, 0.3) is 0 Å². The van der Waals surface area contributed by atoms with Crippen molar-refractivity contribution in [3.8, 4) is 0 Å². The second kappa shape index (κ2) is 7.08. The van der Waals surface area contributed by atoms with Crippen molar-refractivity contribution >= 4 is 17.2 Å². The Bertz CT molecular complexity index is 513. The van der Waals surface area contributed by atoms with Gasteiger partial charge in [0.2, 0.25) is 5.91 Å². The maximum Gasteiger partial charge on any atom is 0.239 e. The van der Waals surface area contributed by atoms with Gasteiger partial charge in [0.15, 0.2) is 0 Å². The fourth-order valence-corrected chi connectivity index (χ4v) is 4.21. The third kappa shape index (κ3) is 3.51. The van der Waals surface area contributed by atoms with Gasteiger partial charge in [-0.2, -0.15) is 0 Å². The molecule has 6 heteroatoms. The van der Waals surface area contributed by atoms with Crippen molar-refractivity contribution in [3.63, 3.8) is 0 Å². The van der Waals surface area contributed by atoms with E-state index in [1.54, 1.807) is 0 Å². The van der Waals surface area contributed by atoms with Crippen LogP contribution < -0.4 is 5.32 Å². The van der Waals surface area contributed by atoms with Crippen LogP contribution in [0.2, 0.25) is 0 Å². The SMILES string of the molecule is Cc1ccc(C(CNC2CCN(C)C2=O)N2CCOCC2)s1. The quantitative estimate of drug-likeness (QED) is 0.886. The van der Waals surface area contributed by atoms with E-state index < -0.39 is 0 Å². The number of likely N-dealkylation sites (tertiary alicyclic amines) is 1. The molecule has 2 atom stereocenters. The lowest BCUT2D eigenvalue weighted by atomic mass is 10.1. The van der Waals surface area contributed by atoms with Crippen LogP contribution in [0.4, 0.5) is 0 Å². The number of carbonyl (C=O) groups excluding carboxylic acids is 1. The first-order valence-electron chi connectivity index (χ1n) is 8.01. The summed E-state index contributed by atoms with van der Waals surface area (Å²) in [7, 11) is 1.88. The van der Waals surface area contributed by atoms with Gasteiger partial charge < -0.3 is 15.0 Å². The summed E-state index contributed by atoms with van der Waals surface area (Å²) >= 11 is 1.86. The van der Waals surface area contributed by atoms with Crippen LogP contribution in [-0.2, 0) is 9.53 Å². The summed E-state index contributed by atoms with van der Waals surface area (Å²) in [6.45, 7) is 7.34. The first-order chi connectivity index (χ1) is 10.6. The van der Waals surface area contributed by atoms with Crippen molar-refractivity contribution in [2.75, 3.05) is 46.4 Å². The molecule has 0 aliphatic carbocycles. The third-order valence-corrected chi connectivity index (χ3v) is 5.66. The second-order valence-corrected chi connectivity index (χ2v) is 7.44. The largest absolute Gasteiger partial charge is 0.379 e. The molecule has 2 unspecified atom stereocenters. The van der Waals surface area contributed by atoms with E-state index >= 15 is 0 Å². The molecule has 5 nitrogen and oxygen atoms in total. The molecule has 0 spiro atoms. The summed E-state index contributed by atoms with van der Waals surface area (Å²) < 4.78 is 5.48. The van der Waals surface area contributed by atoms with Gasteiger partial charge in [-0.3, -0.25) is 9.69 Å². The lowest BCUT2D eigenvalue weighted by Gasteiger charge is -2.34. The Hall–Kier alpha value is -0.950. The molecule has 1 amide bonds. The molecule has 0 aromatic carbocycles. The number of hydrogen-bond acceptors (Lipinski definition) is 5. The average molecular weight is 323 g/mol. The first kappa shape index (κ1) is 15.9. The molecule has 2 aliphatic rings. The van der Waals surface area contributed by atoms with E-state index in [9.17, 15) is 4.79 Å². The molecule has 2 saturated heterocycles. The minimum atomic E-state index is -0.0189. The van der Waals surface area contributed by atoms with Crippen LogP contribution in [0.1, 0.15) is 22.2 Å². The normalized spacial score (nSPS) is 24.9. The number of nitrogens with zero attached hydrogens (tertiary/aromatic N) is 2. The van der Waals surface area contributed by atoms with E-state index in [1.807, 2.05) is 23.3 Å². The summed E-state index contributed by atoms with van der Waals surface area (Å²) in [6, 6.07) is 4.72. The van der Waals surface area contributed by atoms with Crippen molar-refractivity contribution in [2.45, 2.75) is 25.4 Å². The number of nitrogens with one attached hydrogen (secondary N) is 1. The molecule has 1 aromatic heterocycles. The van der Waals surface area contributed by atoms with Crippen LogP contribution in [0.5, 0.6) is 0 Å². The van der Waals surface area contributed by atoms with Crippen molar-refractivity contribution in [1.82, 2.24) is 15.1 Å². The molecular formula is C16H25N3O2S. The highest BCUT2D eigenvalue weighted by Crippen LogP contribution is 2.28. The number of hydrogen-bond donors (Lipinski definition) is 1. The average Bonchev–Trinajstić information content (AvgIpc) is 3.09. The predicted octanol–water partition coefficient (Wildman–Crippen LogP) is 1.25. The standard InChI is InChI=1S/C16H25N3O2S/c1-12-3-4-15(22-12)14(19-7-9-21-10-8-19)11-17-13-5-6-18(2)16(13)20/h3-4,13-14,17H,5-11H2,1-2H3. The molecule has 2 aliphatic heterocycles. The monoisotopic (exact) mass is 323 g/mol. The molecule has 0 radical (unpaired) electrons. The number of morpholine rings is 1. The summed E-state index contributed by atoms with van der Waals surface area (Å²) in [4.78, 5) is 19.1. The number of ether oxygens (including phenoxy) is 1. The van der Waals surface area contributed by atoms with Crippen LogP contribution in [-0.4, -0.2) is 68.2 Å². The topological polar surface area (TPSA) is 44.8 Å².